The highest BCUT2D eigenvalue weighted by Gasteiger charge is 2.35. The van der Waals surface area contributed by atoms with Crippen molar-refractivity contribution in [1.82, 2.24) is 4.98 Å². The summed E-state index contributed by atoms with van der Waals surface area (Å²) >= 11 is 0. The average molecular weight is 269 g/mol. The average Bonchev–Trinajstić information content (AvgIpc) is 2.46. The van der Waals surface area contributed by atoms with Gasteiger partial charge in [-0.1, -0.05) is 12.8 Å². The van der Waals surface area contributed by atoms with Crippen LogP contribution in [0.15, 0.2) is 6.07 Å². The van der Waals surface area contributed by atoms with E-state index >= 15 is 0 Å². The Morgan fingerprint density at radius 2 is 1.95 bits per heavy atom. The number of pyridine rings is 1. The lowest BCUT2D eigenvalue weighted by Gasteiger charge is -2.45. The van der Waals surface area contributed by atoms with Crippen molar-refractivity contribution in [2.45, 2.75) is 58.4 Å². The van der Waals surface area contributed by atoms with E-state index in [1.165, 1.54) is 38.5 Å². The van der Waals surface area contributed by atoms with Crippen molar-refractivity contribution in [3.8, 4) is 6.07 Å². The standard InChI is InChI=1S/C17H23N3/c1-12-10-13(2)19-17(15(12)11-18)20-9-5-7-14-6-3-4-8-16(14)20/h10,14,16H,3-9H2,1-2H3. The zero-order valence-electron chi connectivity index (χ0n) is 12.5. The summed E-state index contributed by atoms with van der Waals surface area (Å²) in [6, 6.07) is 5.01. The summed E-state index contributed by atoms with van der Waals surface area (Å²) in [6.45, 7) is 5.12. The number of anilines is 1. The van der Waals surface area contributed by atoms with Crippen molar-refractivity contribution in [1.29, 1.82) is 5.26 Å². The Bertz CT molecular complexity index is 542. The molecule has 3 heteroatoms. The summed E-state index contributed by atoms with van der Waals surface area (Å²) in [5.74, 6) is 1.76. The number of nitriles is 1. The Kier molecular flexibility index (Phi) is 3.65. The molecule has 3 nitrogen and oxygen atoms in total. The summed E-state index contributed by atoms with van der Waals surface area (Å²) in [6.07, 6.45) is 7.91. The van der Waals surface area contributed by atoms with Gasteiger partial charge in [0.15, 0.2) is 0 Å². The number of hydrogen-bond acceptors (Lipinski definition) is 3. The topological polar surface area (TPSA) is 39.9 Å². The third kappa shape index (κ3) is 2.28. The molecule has 0 amide bonds. The monoisotopic (exact) mass is 269 g/mol. The van der Waals surface area contributed by atoms with Gasteiger partial charge in [0, 0.05) is 18.3 Å². The van der Waals surface area contributed by atoms with E-state index < -0.39 is 0 Å². The number of nitrogens with zero attached hydrogens (tertiary/aromatic N) is 3. The molecule has 20 heavy (non-hydrogen) atoms. The van der Waals surface area contributed by atoms with Gasteiger partial charge in [-0.15, -0.1) is 0 Å². The van der Waals surface area contributed by atoms with E-state index in [1.807, 2.05) is 19.9 Å². The van der Waals surface area contributed by atoms with Crippen molar-refractivity contribution in [2.75, 3.05) is 11.4 Å². The van der Waals surface area contributed by atoms with Crippen molar-refractivity contribution < 1.29 is 0 Å². The molecule has 1 saturated heterocycles. The lowest BCUT2D eigenvalue weighted by Crippen LogP contribution is -2.47. The van der Waals surface area contributed by atoms with Gasteiger partial charge in [-0.25, -0.2) is 4.98 Å². The van der Waals surface area contributed by atoms with Crippen molar-refractivity contribution in [2.24, 2.45) is 5.92 Å². The maximum atomic E-state index is 9.50. The smallest absolute Gasteiger partial charge is 0.147 e. The second-order valence-corrected chi connectivity index (χ2v) is 6.34. The molecule has 0 bridgehead atoms. The van der Waals surface area contributed by atoms with E-state index in [1.54, 1.807) is 0 Å². The number of rotatable bonds is 1. The van der Waals surface area contributed by atoms with Crippen molar-refractivity contribution in [3.63, 3.8) is 0 Å². The molecule has 2 heterocycles. The van der Waals surface area contributed by atoms with Crippen LogP contribution in [0.2, 0.25) is 0 Å². The van der Waals surface area contributed by atoms with E-state index in [0.29, 0.717) is 6.04 Å². The fraction of sp³-hybridized carbons (Fsp3) is 0.647. The first kappa shape index (κ1) is 13.4. The Labute approximate surface area is 121 Å². The van der Waals surface area contributed by atoms with Crippen LogP contribution in [-0.4, -0.2) is 17.6 Å². The summed E-state index contributed by atoms with van der Waals surface area (Å²) in [5.41, 5.74) is 2.86. The lowest BCUT2D eigenvalue weighted by molar-refractivity contribution is 0.242. The largest absolute Gasteiger partial charge is 0.352 e. The molecule has 106 valence electrons. The van der Waals surface area contributed by atoms with Gasteiger partial charge in [0.1, 0.15) is 11.9 Å². The maximum absolute atomic E-state index is 9.50. The molecule has 1 saturated carbocycles. The SMILES string of the molecule is Cc1cc(C)c(C#N)c(N2CCCC3CCCCC32)n1. The number of fused-ring (bicyclic) bond motifs is 1. The summed E-state index contributed by atoms with van der Waals surface area (Å²) < 4.78 is 0. The fourth-order valence-corrected chi connectivity index (χ4v) is 4.05. The van der Waals surface area contributed by atoms with Crippen LogP contribution < -0.4 is 4.90 Å². The van der Waals surface area contributed by atoms with Crippen LogP contribution in [0, 0.1) is 31.1 Å². The molecular formula is C17H23N3. The quantitative estimate of drug-likeness (QED) is 0.780. The molecule has 1 aromatic heterocycles. The number of piperidine rings is 1. The second-order valence-electron chi connectivity index (χ2n) is 6.34. The minimum absolute atomic E-state index is 0.610. The molecule has 1 aromatic rings. The van der Waals surface area contributed by atoms with Crippen LogP contribution in [0.3, 0.4) is 0 Å². The molecule has 2 unspecified atom stereocenters. The predicted molar refractivity (Wildman–Crippen MR) is 80.8 cm³/mol. The van der Waals surface area contributed by atoms with E-state index in [9.17, 15) is 5.26 Å². The van der Waals surface area contributed by atoms with Crippen LogP contribution >= 0.6 is 0 Å². The first-order valence-electron chi connectivity index (χ1n) is 7.85. The minimum Gasteiger partial charge on any atom is -0.352 e. The molecule has 2 atom stereocenters. The predicted octanol–water partition coefficient (Wildman–Crippen LogP) is 3.73. The van der Waals surface area contributed by atoms with Crippen LogP contribution in [0.4, 0.5) is 5.82 Å². The van der Waals surface area contributed by atoms with Crippen molar-refractivity contribution in [3.05, 3.63) is 22.9 Å². The van der Waals surface area contributed by atoms with Crippen molar-refractivity contribution >= 4 is 5.82 Å². The van der Waals surface area contributed by atoms with Gasteiger partial charge < -0.3 is 4.90 Å². The van der Waals surface area contributed by atoms with Gasteiger partial charge >= 0.3 is 0 Å². The first-order chi connectivity index (χ1) is 9.70. The molecule has 3 rings (SSSR count). The number of aromatic nitrogens is 1. The molecule has 1 aliphatic heterocycles. The molecule has 2 fully saturated rings. The highest BCUT2D eigenvalue weighted by molar-refractivity contribution is 5.59. The fourth-order valence-electron chi connectivity index (χ4n) is 4.05. The molecule has 0 radical (unpaired) electrons. The molecular weight excluding hydrogens is 246 g/mol. The highest BCUT2D eigenvalue weighted by Crippen LogP contribution is 2.38. The zero-order chi connectivity index (χ0) is 14.1. The molecule has 0 aromatic carbocycles. The highest BCUT2D eigenvalue weighted by atomic mass is 15.2. The van der Waals surface area contributed by atoms with Gasteiger partial charge in [-0.3, -0.25) is 0 Å². The summed E-state index contributed by atoms with van der Waals surface area (Å²) in [4.78, 5) is 7.17. The van der Waals surface area contributed by atoms with Gasteiger partial charge in [0.05, 0.1) is 5.56 Å². The Morgan fingerprint density at radius 3 is 2.75 bits per heavy atom. The molecule has 1 aliphatic carbocycles. The Hall–Kier alpha value is -1.56. The first-order valence-corrected chi connectivity index (χ1v) is 7.85. The number of aryl methyl sites for hydroxylation is 2. The normalized spacial score (nSPS) is 25.9. The van der Waals surface area contributed by atoms with Gasteiger partial charge in [-0.05, 0) is 57.1 Å². The van der Waals surface area contributed by atoms with E-state index in [2.05, 4.69) is 11.0 Å². The summed E-state index contributed by atoms with van der Waals surface area (Å²) in [7, 11) is 0. The van der Waals surface area contributed by atoms with E-state index in [0.717, 1.165) is 35.1 Å². The molecule has 2 aliphatic rings. The maximum Gasteiger partial charge on any atom is 0.147 e. The van der Waals surface area contributed by atoms with Crippen LogP contribution in [-0.2, 0) is 0 Å². The molecule has 0 N–H and O–H groups in total. The van der Waals surface area contributed by atoms with Gasteiger partial charge in [-0.2, -0.15) is 5.26 Å². The van der Waals surface area contributed by atoms with E-state index in [4.69, 9.17) is 4.98 Å². The third-order valence-electron chi connectivity index (χ3n) is 4.95. The van der Waals surface area contributed by atoms with Crippen LogP contribution in [0.25, 0.3) is 0 Å². The lowest BCUT2D eigenvalue weighted by atomic mass is 9.78. The van der Waals surface area contributed by atoms with E-state index in [-0.39, 0.29) is 0 Å². The Morgan fingerprint density at radius 1 is 1.20 bits per heavy atom. The summed E-state index contributed by atoms with van der Waals surface area (Å²) in [5, 5.41) is 9.50. The Balaban J connectivity index is 2.01. The van der Waals surface area contributed by atoms with Crippen LogP contribution in [0.5, 0.6) is 0 Å². The molecule has 0 spiro atoms. The zero-order valence-corrected chi connectivity index (χ0v) is 12.5. The second kappa shape index (κ2) is 5.44. The van der Waals surface area contributed by atoms with Gasteiger partial charge in [0.2, 0.25) is 0 Å². The van der Waals surface area contributed by atoms with Crippen LogP contribution in [0.1, 0.15) is 55.3 Å². The number of hydrogen-bond donors (Lipinski definition) is 0. The minimum atomic E-state index is 0.610. The third-order valence-corrected chi connectivity index (χ3v) is 4.95. The van der Waals surface area contributed by atoms with Gasteiger partial charge in [0.25, 0.3) is 0 Å².